The van der Waals surface area contributed by atoms with E-state index in [2.05, 4.69) is 31.5 Å². The number of hydrazone groups is 1. The highest BCUT2D eigenvalue weighted by Gasteiger charge is 2.18. The van der Waals surface area contributed by atoms with E-state index in [0.717, 1.165) is 11.3 Å². The first-order valence-corrected chi connectivity index (χ1v) is 8.84. The second-order valence-corrected chi connectivity index (χ2v) is 6.34. The van der Waals surface area contributed by atoms with Gasteiger partial charge in [0, 0.05) is 17.8 Å². The summed E-state index contributed by atoms with van der Waals surface area (Å²) in [5.41, 5.74) is 9.96. The molecule has 0 unspecified atom stereocenters. The van der Waals surface area contributed by atoms with Crippen LogP contribution in [0.15, 0.2) is 52.7 Å². The van der Waals surface area contributed by atoms with Gasteiger partial charge in [0.15, 0.2) is 0 Å². The number of carbonyl (C=O) groups is 2. The Bertz CT molecular complexity index is 970. The Morgan fingerprint density at radius 2 is 2.03 bits per heavy atom. The van der Waals surface area contributed by atoms with E-state index in [9.17, 15) is 9.59 Å². The molecule has 0 saturated carbocycles. The minimum Gasteiger partial charge on any atom is -0.439 e. The van der Waals surface area contributed by atoms with Gasteiger partial charge in [-0.2, -0.15) is 10.1 Å². The molecule has 150 valence electrons. The van der Waals surface area contributed by atoms with Crippen LogP contribution in [0.5, 0.6) is 11.6 Å². The van der Waals surface area contributed by atoms with Crippen LogP contribution >= 0.6 is 0 Å². The minimum absolute atomic E-state index is 0.237. The molecule has 4 amide bonds. The standard InChI is InChI=1S/C19H21N7O3/c1-12-6-4-5-7-16(12)29-17-9-8-15(10-20-17)14(3)21-18(27)23-25-26-11-13(2)22-24-19(26)28/h4-10,25H,11H2,1-3H3,(H,23,27)(H,24,28)/b21-14+. The van der Waals surface area contributed by atoms with Crippen LogP contribution in [0.1, 0.15) is 25.0 Å². The summed E-state index contributed by atoms with van der Waals surface area (Å²) in [7, 11) is 0. The number of rotatable bonds is 5. The Balaban J connectivity index is 1.57. The number of hydrazine groups is 2. The van der Waals surface area contributed by atoms with E-state index in [1.807, 2.05) is 31.2 Å². The molecule has 0 aliphatic carbocycles. The average Bonchev–Trinajstić information content (AvgIpc) is 2.71. The highest BCUT2D eigenvalue weighted by Crippen LogP contribution is 2.22. The van der Waals surface area contributed by atoms with E-state index in [4.69, 9.17) is 4.74 Å². The van der Waals surface area contributed by atoms with E-state index in [1.54, 1.807) is 32.2 Å². The summed E-state index contributed by atoms with van der Waals surface area (Å²) in [6.45, 7) is 5.62. The number of aryl methyl sites for hydroxylation is 1. The van der Waals surface area contributed by atoms with Gasteiger partial charge in [-0.05, 0) is 38.5 Å². The van der Waals surface area contributed by atoms with Gasteiger partial charge in [-0.25, -0.2) is 25.0 Å². The molecule has 3 N–H and O–H groups in total. The maximum atomic E-state index is 12.0. The quantitative estimate of drug-likeness (QED) is 0.531. The summed E-state index contributed by atoms with van der Waals surface area (Å²) in [6, 6.07) is 9.97. The number of aliphatic imine (C=N–C) groups is 1. The van der Waals surface area contributed by atoms with Crippen molar-refractivity contribution in [3.05, 3.63) is 53.7 Å². The van der Waals surface area contributed by atoms with Crippen molar-refractivity contribution in [1.82, 2.24) is 26.4 Å². The Kier molecular flexibility index (Phi) is 6.15. The van der Waals surface area contributed by atoms with Crippen molar-refractivity contribution < 1.29 is 14.3 Å². The summed E-state index contributed by atoms with van der Waals surface area (Å²) in [4.78, 5) is 31.8. The van der Waals surface area contributed by atoms with Crippen molar-refractivity contribution in [2.24, 2.45) is 10.1 Å². The fraction of sp³-hybridized carbons (Fsp3) is 0.211. The van der Waals surface area contributed by atoms with Crippen LogP contribution in [0.2, 0.25) is 0 Å². The first kappa shape index (κ1) is 20.0. The number of benzene rings is 1. The summed E-state index contributed by atoms with van der Waals surface area (Å²) in [6.07, 6.45) is 1.57. The molecule has 1 aromatic heterocycles. The van der Waals surface area contributed by atoms with Crippen molar-refractivity contribution in [1.29, 1.82) is 0 Å². The molecule has 0 atom stereocenters. The van der Waals surface area contributed by atoms with Gasteiger partial charge in [-0.15, -0.1) is 5.53 Å². The van der Waals surface area contributed by atoms with Crippen molar-refractivity contribution in [2.75, 3.05) is 6.54 Å². The third-order valence-electron chi connectivity index (χ3n) is 4.00. The lowest BCUT2D eigenvalue weighted by molar-refractivity contribution is 0.163. The molecule has 1 aliphatic heterocycles. The van der Waals surface area contributed by atoms with E-state index >= 15 is 0 Å². The number of pyridine rings is 1. The molecule has 3 rings (SSSR count). The van der Waals surface area contributed by atoms with Gasteiger partial charge in [0.1, 0.15) is 5.75 Å². The monoisotopic (exact) mass is 395 g/mol. The number of ether oxygens (including phenoxy) is 1. The number of hydrogen-bond acceptors (Lipinski definition) is 6. The normalized spacial score (nSPS) is 14.2. The largest absolute Gasteiger partial charge is 0.439 e. The Morgan fingerprint density at radius 3 is 2.76 bits per heavy atom. The molecule has 0 spiro atoms. The molecular weight excluding hydrogens is 374 g/mol. The van der Waals surface area contributed by atoms with Crippen LogP contribution in [0.4, 0.5) is 9.59 Å². The van der Waals surface area contributed by atoms with E-state index in [0.29, 0.717) is 22.9 Å². The van der Waals surface area contributed by atoms with Crippen LogP contribution < -0.4 is 21.1 Å². The van der Waals surface area contributed by atoms with Gasteiger partial charge in [0.05, 0.1) is 18.0 Å². The van der Waals surface area contributed by atoms with Crippen LogP contribution in [-0.2, 0) is 0 Å². The number of nitrogens with one attached hydrogen (secondary N) is 3. The SMILES string of the molecule is CC1=NNC(=O)N(NNC(=O)/N=C(\C)c2ccc(Oc3ccccc3C)nc2)C1. The molecular formula is C19H21N7O3. The zero-order valence-electron chi connectivity index (χ0n) is 16.3. The second-order valence-electron chi connectivity index (χ2n) is 6.34. The summed E-state index contributed by atoms with van der Waals surface area (Å²) in [5, 5.41) is 4.96. The van der Waals surface area contributed by atoms with Crippen molar-refractivity contribution in [3.63, 3.8) is 0 Å². The number of carbonyl (C=O) groups excluding carboxylic acids is 2. The lowest BCUT2D eigenvalue weighted by atomic mass is 10.2. The van der Waals surface area contributed by atoms with E-state index in [1.165, 1.54) is 5.01 Å². The molecule has 0 bridgehead atoms. The lowest BCUT2D eigenvalue weighted by Gasteiger charge is -2.25. The molecule has 0 saturated heterocycles. The molecule has 10 nitrogen and oxygen atoms in total. The number of hydrogen-bond donors (Lipinski definition) is 3. The summed E-state index contributed by atoms with van der Waals surface area (Å²) >= 11 is 0. The maximum Gasteiger partial charge on any atom is 0.356 e. The second kappa shape index (κ2) is 8.93. The molecule has 1 aliphatic rings. The smallest absolute Gasteiger partial charge is 0.356 e. The fourth-order valence-corrected chi connectivity index (χ4v) is 2.43. The van der Waals surface area contributed by atoms with Gasteiger partial charge in [0.2, 0.25) is 5.88 Å². The van der Waals surface area contributed by atoms with Crippen molar-refractivity contribution in [3.8, 4) is 11.6 Å². The van der Waals surface area contributed by atoms with Gasteiger partial charge in [-0.3, -0.25) is 5.43 Å². The zero-order valence-corrected chi connectivity index (χ0v) is 16.3. The van der Waals surface area contributed by atoms with Gasteiger partial charge in [0.25, 0.3) is 0 Å². The Labute approximate surface area is 167 Å². The van der Waals surface area contributed by atoms with Crippen LogP contribution in [0.25, 0.3) is 0 Å². The van der Waals surface area contributed by atoms with Crippen molar-refractivity contribution in [2.45, 2.75) is 20.8 Å². The molecule has 0 radical (unpaired) electrons. The number of urea groups is 2. The van der Waals surface area contributed by atoms with Crippen LogP contribution in [0.3, 0.4) is 0 Å². The minimum atomic E-state index is -0.657. The molecule has 29 heavy (non-hydrogen) atoms. The Hall–Kier alpha value is -3.79. The van der Waals surface area contributed by atoms with E-state index in [-0.39, 0.29) is 6.54 Å². The number of amides is 4. The first-order chi connectivity index (χ1) is 13.9. The number of nitrogens with zero attached hydrogens (tertiary/aromatic N) is 4. The van der Waals surface area contributed by atoms with Crippen LogP contribution in [-0.4, -0.2) is 40.0 Å². The van der Waals surface area contributed by atoms with Crippen molar-refractivity contribution >= 4 is 23.5 Å². The predicted molar refractivity (Wildman–Crippen MR) is 108 cm³/mol. The third-order valence-corrected chi connectivity index (χ3v) is 4.00. The molecule has 0 fully saturated rings. The maximum absolute atomic E-state index is 12.0. The molecule has 1 aromatic carbocycles. The lowest BCUT2D eigenvalue weighted by Crippen LogP contribution is -2.57. The molecule has 2 heterocycles. The summed E-state index contributed by atoms with van der Waals surface area (Å²) < 4.78 is 5.76. The van der Waals surface area contributed by atoms with Gasteiger partial charge in [-0.1, -0.05) is 18.2 Å². The fourth-order valence-electron chi connectivity index (χ4n) is 2.43. The Morgan fingerprint density at radius 1 is 1.24 bits per heavy atom. The third kappa shape index (κ3) is 5.36. The molecule has 10 heteroatoms. The van der Waals surface area contributed by atoms with Crippen LogP contribution in [0, 0.1) is 6.92 Å². The zero-order chi connectivity index (χ0) is 20.8. The topological polar surface area (TPSA) is 120 Å². The average molecular weight is 395 g/mol. The highest BCUT2D eigenvalue weighted by atomic mass is 16.5. The van der Waals surface area contributed by atoms with Gasteiger partial charge >= 0.3 is 12.1 Å². The predicted octanol–water partition coefficient (Wildman–Crippen LogP) is 2.52. The van der Waals surface area contributed by atoms with Gasteiger partial charge < -0.3 is 4.74 Å². The number of para-hydroxylation sites is 1. The summed E-state index contributed by atoms with van der Waals surface area (Å²) in [5.74, 6) is 1.17. The highest BCUT2D eigenvalue weighted by molar-refractivity contribution is 6.04. The number of aromatic nitrogens is 1. The first-order valence-electron chi connectivity index (χ1n) is 8.84. The van der Waals surface area contributed by atoms with E-state index < -0.39 is 12.1 Å². The molecule has 2 aromatic rings.